The first-order chi connectivity index (χ1) is 13.5. The summed E-state index contributed by atoms with van der Waals surface area (Å²) in [4.78, 5) is 21.0. The third-order valence-corrected chi connectivity index (χ3v) is 3.88. The van der Waals surface area contributed by atoms with Gasteiger partial charge in [-0.15, -0.1) is 0 Å². The van der Waals surface area contributed by atoms with E-state index in [0.29, 0.717) is 18.1 Å². The fourth-order valence-electron chi connectivity index (χ4n) is 2.66. The van der Waals surface area contributed by atoms with Gasteiger partial charge in [0.05, 0.1) is 17.9 Å². The Morgan fingerprint density at radius 2 is 1.75 bits per heavy atom. The molecule has 0 bridgehead atoms. The van der Waals surface area contributed by atoms with Gasteiger partial charge in [-0.05, 0) is 45.0 Å². The molecule has 0 atom stereocenters. The summed E-state index contributed by atoms with van der Waals surface area (Å²) < 4.78 is 5.01. The van der Waals surface area contributed by atoms with Gasteiger partial charge in [0.15, 0.2) is 0 Å². The van der Waals surface area contributed by atoms with Crippen LogP contribution in [0.2, 0.25) is 0 Å². The standard InChI is InChI=1S/C22H24N4O2/c1-4-28-21(27)17-10-12-18(13-11-17)24-22-25-19(16-8-6-5-7-9-16)14-20(26-22)23-15(2)3/h5-15H,4H2,1-3H3,(H2,23,24,25,26). The highest BCUT2D eigenvalue weighted by Crippen LogP contribution is 2.23. The second-order valence-electron chi connectivity index (χ2n) is 6.55. The van der Waals surface area contributed by atoms with Crippen molar-refractivity contribution in [3.8, 4) is 11.3 Å². The molecule has 6 heteroatoms. The summed E-state index contributed by atoms with van der Waals surface area (Å²) >= 11 is 0. The van der Waals surface area contributed by atoms with Crippen molar-refractivity contribution in [2.24, 2.45) is 0 Å². The largest absolute Gasteiger partial charge is 0.462 e. The second-order valence-corrected chi connectivity index (χ2v) is 6.55. The predicted molar refractivity (Wildman–Crippen MR) is 112 cm³/mol. The van der Waals surface area contributed by atoms with Crippen molar-refractivity contribution in [3.63, 3.8) is 0 Å². The zero-order valence-corrected chi connectivity index (χ0v) is 16.3. The molecule has 0 aliphatic carbocycles. The third-order valence-electron chi connectivity index (χ3n) is 3.88. The average molecular weight is 376 g/mol. The molecule has 0 saturated heterocycles. The van der Waals surface area contributed by atoms with Gasteiger partial charge in [0.2, 0.25) is 5.95 Å². The smallest absolute Gasteiger partial charge is 0.338 e. The first-order valence-electron chi connectivity index (χ1n) is 9.30. The minimum Gasteiger partial charge on any atom is -0.462 e. The molecule has 0 saturated carbocycles. The normalized spacial score (nSPS) is 10.6. The van der Waals surface area contributed by atoms with E-state index in [2.05, 4.69) is 34.4 Å². The highest BCUT2D eigenvalue weighted by atomic mass is 16.5. The molecule has 3 aromatic rings. The summed E-state index contributed by atoms with van der Waals surface area (Å²) in [6.45, 7) is 6.26. The molecule has 0 fully saturated rings. The summed E-state index contributed by atoms with van der Waals surface area (Å²) in [5.74, 6) is 0.891. The lowest BCUT2D eigenvalue weighted by Crippen LogP contribution is -2.12. The van der Waals surface area contributed by atoms with Gasteiger partial charge in [-0.2, -0.15) is 4.98 Å². The molecule has 3 rings (SSSR count). The fraction of sp³-hybridized carbons (Fsp3) is 0.227. The van der Waals surface area contributed by atoms with E-state index in [9.17, 15) is 4.79 Å². The number of hydrogen-bond donors (Lipinski definition) is 2. The molecule has 6 nitrogen and oxygen atoms in total. The molecule has 0 aliphatic heterocycles. The summed E-state index contributed by atoms with van der Waals surface area (Å²) in [5.41, 5.74) is 3.13. The Balaban J connectivity index is 1.87. The van der Waals surface area contributed by atoms with Gasteiger partial charge in [-0.1, -0.05) is 30.3 Å². The number of ether oxygens (including phenoxy) is 1. The van der Waals surface area contributed by atoms with E-state index in [-0.39, 0.29) is 12.0 Å². The summed E-state index contributed by atoms with van der Waals surface area (Å²) in [6.07, 6.45) is 0. The number of hydrogen-bond acceptors (Lipinski definition) is 6. The number of nitrogens with one attached hydrogen (secondary N) is 2. The molecular weight excluding hydrogens is 352 g/mol. The SMILES string of the molecule is CCOC(=O)c1ccc(Nc2nc(NC(C)C)cc(-c3ccccc3)n2)cc1. The van der Waals surface area contributed by atoms with Crippen LogP contribution in [0.5, 0.6) is 0 Å². The third kappa shape index (κ3) is 5.07. The van der Waals surface area contributed by atoms with Crippen molar-refractivity contribution >= 4 is 23.4 Å². The van der Waals surface area contributed by atoms with Crippen molar-refractivity contribution in [2.75, 3.05) is 17.2 Å². The Bertz CT molecular complexity index is 925. The molecule has 144 valence electrons. The van der Waals surface area contributed by atoms with E-state index in [1.54, 1.807) is 31.2 Å². The van der Waals surface area contributed by atoms with Gasteiger partial charge < -0.3 is 15.4 Å². The maximum atomic E-state index is 11.8. The molecule has 28 heavy (non-hydrogen) atoms. The number of nitrogens with zero attached hydrogens (tertiary/aromatic N) is 2. The number of aromatic nitrogens is 2. The van der Waals surface area contributed by atoms with Crippen LogP contribution in [-0.2, 0) is 4.74 Å². The van der Waals surface area contributed by atoms with Crippen LogP contribution in [0.4, 0.5) is 17.5 Å². The van der Waals surface area contributed by atoms with Crippen LogP contribution in [0.15, 0.2) is 60.7 Å². The number of rotatable bonds is 7. The Labute approximate surface area is 165 Å². The minimum absolute atomic E-state index is 0.246. The number of carbonyl (C=O) groups excluding carboxylic acids is 1. The van der Waals surface area contributed by atoms with E-state index in [1.165, 1.54) is 0 Å². The molecule has 0 aliphatic rings. The summed E-state index contributed by atoms with van der Waals surface area (Å²) in [6, 6.07) is 19.2. The van der Waals surface area contributed by atoms with Gasteiger partial charge in [0.25, 0.3) is 0 Å². The Kier molecular flexibility index (Phi) is 6.22. The minimum atomic E-state index is -0.334. The van der Waals surface area contributed by atoms with Crippen LogP contribution >= 0.6 is 0 Å². The van der Waals surface area contributed by atoms with E-state index in [4.69, 9.17) is 4.74 Å². The maximum Gasteiger partial charge on any atom is 0.338 e. The maximum absolute atomic E-state index is 11.8. The van der Waals surface area contributed by atoms with E-state index in [1.807, 2.05) is 36.4 Å². The second kappa shape index (κ2) is 8.99. The molecule has 2 N–H and O–H groups in total. The molecule has 0 radical (unpaired) electrons. The quantitative estimate of drug-likeness (QED) is 0.572. The van der Waals surface area contributed by atoms with Crippen LogP contribution in [0, 0.1) is 0 Å². The summed E-state index contributed by atoms with van der Waals surface area (Å²) in [5, 5.41) is 6.54. The fourth-order valence-corrected chi connectivity index (χ4v) is 2.66. The van der Waals surface area contributed by atoms with Crippen LogP contribution in [0.1, 0.15) is 31.1 Å². The molecule has 0 spiro atoms. The van der Waals surface area contributed by atoms with Crippen molar-refractivity contribution in [1.82, 2.24) is 9.97 Å². The predicted octanol–water partition coefficient (Wildman–Crippen LogP) is 4.88. The topological polar surface area (TPSA) is 76.1 Å². The van der Waals surface area contributed by atoms with Crippen LogP contribution in [0.25, 0.3) is 11.3 Å². The average Bonchev–Trinajstić information content (AvgIpc) is 2.69. The van der Waals surface area contributed by atoms with Crippen molar-refractivity contribution < 1.29 is 9.53 Å². The Hall–Kier alpha value is -3.41. The van der Waals surface area contributed by atoms with Crippen molar-refractivity contribution in [3.05, 3.63) is 66.2 Å². The molecular formula is C22H24N4O2. The number of benzene rings is 2. The lowest BCUT2D eigenvalue weighted by molar-refractivity contribution is 0.0526. The Morgan fingerprint density at radius 1 is 1.04 bits per heavy atom. The van der Waals surface area contributed by atoms with Gasteiger partial charge in [-0.3, -0.25) is 0 Å². The number of carbonyl (C=O) groups is 1. The van der Waals surface area contributed by atoms with Crippen LogP contribution in [-0.4, -0.2) is 28.6 Å². The highest BCUT2D eigenvalue weighted by molar-refractivity contribution is 5.89. The molecule has 1 aromatic heterocycles. The van der Waals surface area contributed by atoms with Crippen molar-refractivity contribution in [2.45, 2.75) is 26.8 Å². The zero-order chi connectivity index (χ0) is 19.9. The zero-order valence-electron chi connectivity index (χ0n) is 16.3. The van der Waals surface area contributed by atoms with Gasteiger partial charge in [-0.25, -0.2) is 9.78 Å². The van der Waals surface area contributed by atoms with Crippen LogP contribution in [0.3, 0.4) is 0 Å². The summed E-state index contributed by atoms with van der Waals surface area (Å²) in [7, 11) is 0. The van der Waals surface area contributed by atoms with E-state index in [0.717, 1.165) is 22.8 Å². The highest BCUT2D eigenvalue weighted by Gasteiger charge is 2.09. The van der Waals surface area contributed by atoms with E-state index < -0.39 is 0 Å². The molecule has 0 unspecified atom stereocenters. The molecule has 1 heterocycles. The van der Waals surface area contributed by atoms with Crippen molar-refractivity contribution in [1.29, 1.82) is 0 Å². The molecule has 0 amide bonds. The first kappa shape index (κ1) is 19.4. The number of esters is 1. The first-order valence-corrected chi connectivity index (χ1v) is 9.30. The lowest BCUT2D eigenvalue weighted by atomic mass is 10.1. The Morgan fingerprint density at radius 3 is 2.39 bits per heavy atom. The number of anilines is 3. The molecule has 2 aromatic carbocycles. The van der Waals surface area contributed by atoms with Gasteiger partial charge >= 0.3 is 5.97 Å². The van der Waals surface area contributed by atoms with E-state index >= 15 is 0 Å². The van der Waals surface area contributed by atoms with Gasteiger partial charge in [0, 0.05) is 23.4 Å². The van der Waals surface area contributed by atoms with Crippen LogP contribution < -0.4 is 10.6 Å². The lowest BCUT2D eigenvalue weighted by Gasteiger charge is -2.13. The monoisotopic (exact) mass is 376 g/mol. The van der Waals surface area contributed by atoms with Gasteiger partial charge in [0.1, 0.15) is 5.82 Å².